The van der Waals surface area contributed by atoms with E-state index in [9.17, 15) is 29.7 Å². The molecular formula is C20H24O10. The lowest BCUT2D eigenvalue weighted by Crippen LogP contribution is -2.66. The standard InChI is InChI=1S/C20H24O10/c1-6-12(23)27-7-5-17-11-8(21)9(16(2,3)4)18(17)10(22)13(24)29-15(18)30-20(17,14(25)28-11)19(6,7)26/h6-11,15,21-22,26H,5H2,1-4H3/t6-,7+,8+,9+,10+,11-,15-,17-,18+,19-,20-/m1/s1. The minimum atomic E-state index is -2.12. The summed E-state index contributed by atoms with van der Waals surface area (Å²) in [6.07, 6.45) is -6.73. The molecule has 6 aliphatic rings. The Balaban J connectivity index is 1.71. The van der Waals surface area contributed by atoms with Gasteiger partial charge in [0.05, 0.1) is 22.9 Å². The molecule has 2 saturated carbocycles. The molecule has 4 aliphatic heterocycles. The number of aliphatic hydroxyl groups excluding tert-OH is 2. The lowest BCUT2D eigenvalue weighted by molar-refractivity contribution is -0.239. The number of hydrogen-bond acceptors (Lipinski definition) is 10. The van der Waals surface area contributed by atoms with Crippen LogP contribution in [0.3, 0.4) is 0 Å². The molecule has 6 fully saturated rings. The van der Waals surface area contributed by atoms with Crippen LogP contribution in [0.15, 0.2) is 0 Å². The molecule has 4 heterocycles. The minimum Gasteiger partial charge on any atom is -0.459 e. The second kappa shape index (κ2) is 4.69. The van der Waals surface area contributed by atoms with Crippen molar-refractivity contribution in [2.75, 3.05) is 0 Å². The van der Waals surface area contributed by atoms with E-state index in [0.717, 1.165) is 0 Å². The molecule has 10 heteroatoms. The van der Waals surface area contributed by atoms with Gasteiger partial charge in [-0.1, -0.05) is 20.8 Å². The number of esters is 3. The third-order valence-corrected chi connectivity index (χ3v) is 8.91. The van der Waals surface area contributed by atoms with E-state index < -0.39 is 87.9 Å². The monoisotopic (exact) mass is 424 g/mol. The van der Waals surface area contributed by atoms with Gasteiger partial charge < -0.3 is 34.3 Å². The highest BCUT2D eigenvalue weighted by molar-refractivity contribution is 5.93. The molecule has 164 valence electrons. The van der Waals surface area contributed by atoms with Gasteiger partial charge in [0, 0.05) is 12.3 Å². The fraction of sp³-hybridized carbons (Fsp3) is 0.850. The minimum absolute atomic E-state index is 0.107. The van der Waals surface area contributed by atoms with Crippen molar-refractivity contribution in [1.29, 1.82) is 0 Å². The summed E-state index contributed by atoms with van der Waals surface area (Å²) in [5, 5.41) is 34.4. The quantitative estimate of drug-likeness (QED) is 0.314. The van der Waals surface area contributed by atoms with Gasteiger partial charge in [0.25, 0.3) is 0 Å². The molecule has 0 radical (unpaired) electrons. The third kappa shape index (κ3) is 1.35. The van der Waals surface area contributed by atoms with Crippen LogP contribution in [-0.4, -0.2) is 75.1 Å². The number of carbonyl (C=O) groups is 3. The van der Waals surface area contributed by atoms with Gasteiger partial charge in [-0.05, 0) is 12.3 Å². The number of aliphatic hydroxyl groups is 3. The van der Waals surface area contributed by atoms with Gasteiger partial charge in [-0.25, -0.2) is 9.59 Å². The zero-order chi connectivity index (χ0) is 21.8. The summed E-state index contributed by atoms with van der Waals surface area (Å²) in [6.45, 7) is 6.97. The molecular weight excluding hydrogens is 400 g/mol. The van der Waals surface area contributed by atoms with Crippen LogP contribution in [0.4, 0.5) is 0 Å². The van der Waals surface area contributed by atoms with Gasteiger partial charge in [0.2, 0.25) is 11.9 Å². The van der Waals surface area contributed by atoms with E-state index in [4.69, 9.17) is 18.9 Å². The van der Waals surface area contributed by atoms with Crippen LogP contribution in [0, 0.1) is 28.1 Å². The summed E-state index contributed by atoms with van der Waals surface area (Å²) >= 11 is 0. The molecule has 2 spiro atoms. The van der Waals surface area contributed by atoms with E-state index in [1.54, 1.807) is 0 Å². The summed E-state index contributed by atoms with van der Waals surface area (Å²) < 4.78 is 22.6. The molecule has 30 heavy (non-hydrogen) atoms. The average molecular weight is 424 g/mol. The molecule has 0 amide bonds. The molecule has 0 aromatic rings. The van der Waals surface area contributed by atoms with Crippen molar-refractivity contribution in [2.45, 2.75) is 76.0 Å². The molecule has 3 N–H and O–H groups in total. The number of hydrogen-bond donors (Lipinski definition) is 3. The van der Waals surface area contributed by atoms with Gasteiger partial charge in [0.1, 0.15) is 12.2 Å². The Hall–Kier alpha value is -1.75. The van der Waals surface area contributed by atoms with Crippen LogP contribution in [0.1, 0.15) is 34.1 Å². The maximum atomic E-state index is 13.4. The summed E-state index contributed by atoms with van der Waals surface area (Å²) in [6, 6.07) is 0. The summed E-state index contributed by atoms with van der Waals surface area (Å²) in [5.41, 5.74) is -7.95. The molecule has 0 aromatic heterocycles. The van der Waals surface area contributed by atoms with Crippen LogP contribution in [0.2, 0.25) is 0 Å². The van der Waals surface area contributed by atoms with Gasteiger partial charge in [-0.2, -0.15) is 0 Å². The zero-order valence-corrected chi connectivity index (χ0v) is 16.9. The highest BCUT2D eigenvalue weighted by Gasteiger charge is 3.02. The highest BCUT2D eigenvalue weighted by Crippen LogP contribution is 2.84. The van der Waals surface area contributed by atoms with Crippen molar-refractivity contribution in [1.82, 2.24) is 0 Å². The first kappa shape index (κ1) is 19.0. The van der Waals surface area contributed by atoms with Gasteiger partial charge in [0.15, 0.2) is 11.7 Å². The van der Waals surface area contributed by atoms with Crippen LogP contribution >= 0.6 is 0 Å². The Kier molecular flexibility index (Phi) is 2.97. The molecule has 6 rings (SSSR count). The lowest BCUT2D eigenvalue weighted by atomic mass is 9.51. The largest absolute Gasteiger partial charge is 0.459 e. The topological polar surface area (TPSA) is 149 Å². The molecule has 0 bridgehead atoms. The third-order valence-electron chi connectivity index (χ3n) is 8.91. The number of ether oxygens (including phenoxy) is 4. The predicted octanol–water partition coefficient (Wildman–Crippen LogP) is -1.37. The van der Waals surface area contributed by atoms with Gasteiger partial charge in [-0.3, -0.25) is 4.79 Å². The second-order valence-electron chi connectivity index (χ2n) is 10.7. The van der Waals surface area contributed by atoms with Crippen molar-refractivity contribution in [3.05, 3.63) is 0 Å². The van der Waals surface area contributed by atoms with E-state index in [-0.39, 0.29) is 6.42 Å². The van der Waals surface area contributed by atoms with Gasteiger partial charge in [-0.15, -0.1) is 0 Å². The summed E-state index contributed by atoms with van der Waals surface area (Å²) in [5.74, 6) is -4.43. The van der Waals surface area contributed by atoms with E-state index in [1.165, 1.54) is 6.92 Å². The van der Waals surface area contributed by atoms with Crippen molar-refractivity contribution in [3.63, 3.8) is 0 Å². The maximum Gasteiger partial charge on any atom is 0.342 e. The molecule has 4 saturated heterocycles. The Morgan fingerprint density at radius 1 is 1.03 bits per heavy atom. The Labute approximate surface area is 171 Å². The fourth-order valence-electron chi connectivity index (χ4n) is 8.22. The predicted molar refractivity (Wildman–Crippen MR) is 92.0 cm³/mol. The maximum absolute atomic E-state index is 13.4. The van der Waals surface area contributed by atoms with Crippen molar-refractivity contribution in [2.24, 2.45) is 28.1 Å². The van der Waals surface area contributed by atoms with Crippen LogP contribution in [-0.2, 0) is 33.3 Å². The molecule has 2 aliphatic carbocycles. The van der Waals surface area contributed by atoms with Gasteiger partial charge >= 0.3 is 17.9 Å². The van der Waals surface area contributed by atoms with E-state index in [1.807, 2.05) is 20.8 Å². The van der Waals surface area contributed by atoms with E-state index in [2.05, 4.69) is 0 Å². The number of rotatable bonds is 0. The van der Waals surface area contributed by atoms with Crippen LogP contribution in [0.25, 0.3) is 0 Å². The molecule has 0 aromatic carbocycles. The van der Waals surface area contributed by atoms with Crippen molar-refractivity contribution in [3.8, 4) is 0 Å². The molecule has 10 nitrogen and oxygen atoms in total. The van der Waals surface area contributed by atoms with Crippen molar-refractivity contribution < 1.29 is 48.7 Å². The first-order chi connectivity index (χ1) is 13.8. The lowest BCUT2D eigenvalue weighted by Gasteiger charge is -2.46. The normalized spacial score (nSPS) is 60.1. The number of fused-ring (bicyclic) bond motifs is 1. The Morgan fingerprint density at radius 3 is 2.33 bits per heavy atom. The van der Waals surface area contributed by atoms with Crippen LogP contribution in [0.5, 0.6) is 0 Å². The van der Waals surface area contributed by atoms with E-state index in [0.29, 0.717) is 0 Å². The smallest absolute Gasteiger partial charge is 0.342 e. The first-order valence-corrected chi connectivity index (χ1v) is 10.2. The fourth-order valence-corrected chi connectivity index (χ4v) is 8.22. The highest BCUT2D eigenvalue weighted by atomic mass is 16.8. The van der Waals surface area contributed by atoms with E-state index >= 15 is 0 Å². The molecule has 0 unspecified atom stereocenters. The summed E-state index contributed by atoms with van der Waals surface area (Å²) in [7, 11) is 0. The zero-order valence-electron chi connectivity index (χ0n) is 16.9. The Morgan fingerprint density at radius 2 is 1.70 bits per heavy atom. The number of carbonyl (C=O) groups excluding carboxylic acids is 3. The second-order valence-corrected chi connectivity index (χ2v) is 10.7. The average Bonchev–Trinajstić information content (AvgIpc) is 3.32. The van der Waals surface area contributed by atoms with Crippen LogP contribution < -0.4 is 0 Å². The summed E-state index contributed by atoms with van der Waals surface area (Å²) in [4.78, 5) is 38.2. The molecule has 11 atom stereocenters. The SMILES string of the molecule is C[C@@H]1C(=O)O[C@H]2C[C@]34[C@@H]5OC(=O)[C@]3(O[C@H]3OC(=O)[C@H](O)[C@@]34[C@H](C(C)(C)C)[C@@H]5O)[C@]21O. The Bertz CT molecular complexity index is 925. The van der Waals surface area contributed by atoms with Crippen molar-refractivity contribution >= 4 is 17.9 Å². The first-order valence-electron chi connectivity index (χ1n) is 10.2.